The van der Waals surface area contributed by atoms with Crippen molar-refractivity contribution in [2.45, 2.75) is 33.7 Å². The van der Waals surface area contributed by atoms with E-state index in [9.17, 15) is 4.79 Å². The predicted octanol–water partition coefficient (Wildman–Crippen LogP) is 0.625. The maximum atomic E-state index is 11.8. The summed E-state index contributed by atoms with van der Waals surface area (Å²) in [4.78, 5) is 13.7. The lowest BCUT2D eigenvalue weighted by molar-refractivity contribution is 0.158. The quantitative estimate of drug-likeness (QED) is 0.597. The summed E-state index contributed by atoms with van der Waals surface area (Å²) < 4.78 is 0. The van der Waals surface area contributed by atoms with Gasteiger partial charge in [-0.3, -0.25) is 0 Å². The summed E-state index contributed by atoms with van der Waals surface area (Å²) in [5.41, 5.74) is 0.0714. The normalized spacial score (nSPS) is 20.3. The molecule has 0 aromatic carbocycles. The van der Waals surface area contributed by atoms with E-state index in [0.717, 1.165) is 39.3 Å². The highest BCUT2D eigenvalue weighted by molar-refractivity contribution is 5.76. The van der Waals surface area contributed by atoms with Crippen LogP contribution in [-0.2, 0) is 0 Å². The van der Waals surface area contributed by atoms with E-state index in [2.05, 4.69) is 43.6 Å². The van der Waals surface area contributed by atoms with Crippen LogP contribution in [0.1, 0.15) is 27.7 Å². The molecule has 0 aliphatic carbocycles. The summed E-state index contributed by atoms with van der Waals surface area (Å²) in [5.74, 6) is 0. The smallest absolute Gasteiger partial charge is 0.317 e. The zero-order valence-electron chi connectivity index (χ0n) is 12.2. The van der Waals surface area contributed by atoms with Crippen molar-refractivity contribution in [3.8, 4) is 0 Å². The summed E-state index contributed by atoms with van der Waals surface area (Å²) in [5, 5.41) is 9.71. The van der Waals surface area contributed by atoms with E-state index in [1.807, 2.05) is 4.90 Å². The fourth-order valence-corrected chi connectivity index (χ4v) is 2.31. The fourth-order valence-electron chi connectivity index (χ4n) is 2.31. The monoisotopic (exact) mass is 256 g/mol. The number of carbonyl (C=O) groups excluding carboxylic acids is 1. The van der Waals surface area contributed by atoms with Gasteiger partial charge in [-0.15, -0.1) is 0 Å². The van der Waals surface area contributed by atoms with Crippen molar-refractivity contribution in [3.05, 3.63) is 0 Å². The molecule has 0 aromatic heterocycles. The first kappa shape index (κ1) is 15.2. The standard InChI is InChI=1S/C13H28N4O/c1-5-14-8-13(4,9-15-6-2)10-17-11(3)7-16-12(17)18/h11,14-15H,5-10H2,1-4H3,(H,16,18). The minimum Gasteiger partial charge on any atom is -0.336 e. The maximum Gasteiger partial charge on any atom is 0.317 e. The third kappa shape index (κ3) is 4.14. The van der Waals surface area contributed by atoms with Gasteiger partial charge >= 0.3 is 6.03 Å². The van der Waals surface area contributed by atoms with Crippen LogP contribution in [0.3, 0.4) is 0 Å². The Kier molecular flexibility index (Phi) is 5.88. The van der Waals surface area contributed by atoms with Crippen molar-refractivity contribution >= 4 is 6.03 Å². The molecule has 1 aliphatic heterocycles. The highest BCUT2D eigenvalue weighted by Gasteiger charge is 2.34. The molecular weight excluding hydrogens is 228 g/mol. The van der Waals surface area contributed by atoms with Crippen LogP contribution in [0.4, 0.5) is 4.79 Å². The number of amides is 2. The van der Waals surface area contributed by atoms with Crippen molar-refractivity contribution in [2.24, 2.45) is 5.41 Å². The molecule has 0 saturated carbocycles. The van der Waals surface area contributed by atoms with Gasteiger partial charge in [0.25, 0.3) is 0 Å². The van der Waals surface area contributed by atoms with Crippen molar-refractivity contribution < 1.29 is 4.79 Å². The molecule has 1 atom stereocenters. The van der Waals surface area contributed by atoms with Crippen LogP contribution < -0.4 is 16.0 Å². The zero-order valence-corrected chi connectivity index (χ0v) is 12.2. The molecule has 106 valence electrons. The van der Waals surface area contributed by atoms with Crippen molar-refractivity contribution in [1.29, 1.82) is 0 Å². The van der Waals surface area contributed by atoms with Gasteiger partial charge in [0.2, 0.25) is 0 Å². The van der Waals surface area contributed by atoms with Crippen LogP contribution in [0, 0.1) is 5.41 Å². The van der Waals surface area contributed by atoms with Gasteiger partial charge in [-0.2, -0.15) is 0 Å². The predicted molar refractivity (Wildman–Crippen MR) is 74.8 cm³/mol. The van der Waals surface area contributed by atoms with Gasteiger partial charge in [0.05, 0.1) is 0 Å². The largest absolute Gasteiger partial charge is 0.336 e. The molecule has 3 N–H and O–H groups in total. The summed E-state index contributed by atoms with van der Waals surface area (Å²) in [6, 6.07) is 0.363. The maximum absolute atomic E-state index is 11.8. The third-order valence-electron chi connectivity index (χ3n) is 3.50. The van der Waals surface area contributed by atoms with Gasteiger partial charge in [0.1, 0.15) is 0 Å². The third-order valence-corrected chi connectivity index (χ3v) is 3.50. The molecule has 5 heteroatoms. The lowest BCUT2D eigenvalue weighted by Crippen LogP contribution is -2.50. The number of nitrogens with zero attached hydrogens (tertiary/aromatic N) is 1. The van der Waals surface area contributed by atoms with Gasteiger partial charge in [-0.05, 0) is 20.0 Å². The van der Waals surface area contributed by atoms with E-state index >= 15 is 0 Å². The molecule has 0 aromatic rings. The lowest BCUT2D eigenvalue weighted by Gasteiger charge is -2.35. The molecule has 1 fully saturated rings. The molecule has 1 heterocycles. The Bertz CT molecular complexity index is 262. The van der Waals surface area contributed by atoms with Gasteiger partial charge in [-0.25, -0.2) is 4.79 Å². The van der Waals surface area contributed by atoms with Crippen LogP contribution in [0.2, 0.25) is 0 Å². The number of hydrogen-bond acceptors (Lipinski definition) is 3. The molecule has 5 nitrogen and oxygen atoms in total. The average molecular weight is 256 g/mol. The van der Waals surface area contributed by atoms with Gasteiger partial charge in [0.15, 0.2) is 0 Å². The second kappa shape index (κ2) is 6.95. The van der Waals surface area contributed by atoms with E-state index in [1.54, 1.807) is 0 Å². The minimum atomic E-state index is 0.0710. The molecule has 0 spiro atoms. The molecule has 1 unspecified atom stereocenters. The summed E-state index contributed by atoms with van der Waals surface area (Å²) in [7, 11) is 0. The SMILES string of the molecule is CCNCC(C)(CNCC)CN1C(=O)NCC1C. The van der Waals surface area contributed by atoms with E-state index in [0.29, 0.717) is 6.04 Å². The number of rotatable bonds is 8. The summed E-state index contributed by atoms with van der Waals surface area (Å²) >= 11 is 0. The molecule has 0 radical (unpaired) electrons. The molecular formula is C13H28N4O. The first-order valence-electron chi connectivity index (χ1n) is 6.98. The van der Waals surface area contributed by atoms with Crippen LogP contribution in [0.15, 0.2) is 0 Å². The van der Waals surface area contributed by atoms with Crippen molar-refractivity contribution in [3.63, 3.8) is 0 Å². The zero-order chi connectivity index (χ0) is 13.6. The fraction of sp³-hybridized carbons (Fsp3) is 0.923. The number of nitrogens with one attached hydrogen (secondary N) is 3. The molecule has 1 rings (SSSR count). The highest BCUT2D eigenvalue weighted by atomic mass is 16.2. The Balaban J connectivity index is 2.61. The van der Waals surface area contributed by atoms with Crippen LogP contribution in [0.25, 0.3) is 0 Å². The van der Waals surface area contributed by atoms with Gasteiger partial charge in [0, 0.05) is 37.6 Å². The number of hydrogen-bond donors (Lipinski definition) is 3. The topological polar surface area (TPSA) is 56.4 Å². The van der Waals surface area contributed by atoms with E-state index < -0.39 is 0 Å². The average Bonchev–Trinajstić information content (AvgIpc) is 2.66. The lowest BCUT2D eigenvalue weighted by atomic mass is 9.89. The molecule has 1 aliphatic rings. The summed E-state index contributed by atoms with van der Waals surface area (Å²) in [6.45, 7) is 13.9. The second-order valence-corrected chi connectivity index (χ2v) is 5.53. The Morgan fingerprint density at radius 3 is 2.28 bits per heavy atom. The van der Waals surface area contributed by atoms with Crippen molar-refractivity contribution in [1.82, 2.24) is 20.9 Å². The Labute approximate surface area is 111 Å². The minimum absolute atomic E-state index is 0.0710. The van der Waals surface area contributed by atoms with Gasteiger partial charge in [-0.1, -0.05) is 20.8 Å². The van der Waals surface area contributed by atoms with Crippen LogP contribution in [-0.4, -0.2) is 56.2 Å². The first-order valence-corrected chi connectivity index (χ1v) is 6.98. The van der Waals surface area contributed by atoms with E-state index in [1.165, 1.54) is 0 Å². The Morgan fingerprint density at radius 1 is 1.33 bits per heavy atom. The van der Waals surface area contributed by atoms with Crippen molar-refractivity contribution in [2.75, 3.05) is 39.3 Å². The molecule has 18 heavy (non-hydrogen) atoms. The first-order chi connectivity index (χ1) is 8.52. The van der Waals surface area contributed by atoms with E-state index in [4.69, 9.17) is 0 Å². The number of urea groups is 1. The van der Waals surface area contributed by atoms with Crippen LogP contribution in [0.5, 0.6) is 0 Å². The Morgan fingerprint density at radius 2 is 1.89 bits per heavy atom. The molecule has 2 amide bonds. The molecule has 1 saturated heterocycles. The van der Waals surface area contributed by atoms with E-state index in [-0.39, 0.29) is 11.4 Å². The van der Waals surface area contributed by atoms with Crippen LogP contribution >= 0.6 is 0 Å². The Hall–Kier alpha value is -0.810. The van der Waals surface area contributed by atoms with Gasteiger partial charge < -0.3 is 20.9 Å². The molecule has 0 bridgehead atoms. The summed E-state index contributed by atoms with van der Waals surface area (Å²) in [6.07, 6.45) is 0. The number of carbonyl (C=O) groups is 1. The highest BCUT2D eigenvalue weighted by Crippen LogP contribution is 2.20. The second-order valence-electron chi connectivity index (χ2n) is 5.53.